The van der Waals surface area contributed by atoms with E-state index < -0.39 is 0 Å². The highest BCUT2D eigenvalue weighted by molar-refractivity contribution is 6.10. The molecule has 3 aliphatic rings. The number of carbonyl (C=O) groups is 1. The number of hydrogen-bond acceptors (Lipinski definition) is 3. The van der Waals surface area contributed by atoms with Crippen LogP contribution in [0.2, 0.25) is 0 Å². The number of rotatable bonds is 1. The Morgan fingerprint density at radius 3 is 2.33 bits per heavy atom. The van der Waals surface area contributed by atoms with Crippen molar-refractivity contribution in [3.05, 3.63) is 59.9 Å². The molecule has 0 aliphatic carbocycles. The molecule has 2 bridgehead atoms. The first kappa shape index (κ1) is 13.7. The van der Waals surface area contributed by atoms with Gasteiger partial charge in [-0.25, -0.2) is 4.98 Å². The van der Waals surface area contributed by atoms with Gasteiger partial charge >= 0.3 is 0 Å². The Morgan fingerprint density at radius 1 is 0.917 bits per heavy atom. The Hall–Kier alpha value is -2.68. The summed E-state index contributed by atoms with van der Waals surface area (Å²) in [6, 6.07) is 16.5. The Bertz CT molecular complexity index is 997. The Kier molecular flexibility index (Phi) is 2.96. The van der Waals surface area contributed by atoms with Crippen LogP contribution in [-0.2, 0) is 4.79 Å². The first-order chi connectivity index (χ1) is 11.8. The fourth-order valence-electron chi connectivity index (χ4n) is 4.08. The van der Waals surface area contributed by atoms with Crippen molar-refractivity contribution in [1.82, 2.24) is 9.88 Å². The number of allylic oxidation sites excluding steroid dienone is 1. The zero-order valence-corrected chi connectivity index (χ0v) is 13.4. The summed E-state index contributed by atoms with van der Waals surface area (Å²) in [6.07, 6.45) is 4.02. The van der Waals surface area contributed by atoms with Crippen molar-refractivity contribution in [2.75, 3.05) is 13.1 Å². The van der Waals surface area contributed by atoms with Crippen molar-refractivity contribution < 1.29 is 4.79 Å². The highest BCUT2D eigenvalue weighted by Gasteiger charge is 2.36. The van der Waals surface area contributed by atoms with Crippen LogP contribution >= 0.6 is 0 Å². The number of piperidine rings is 3. The lowest BCUT2D eigenvalue weighted by molar-refractivity contribution is -0.125. The fraction of sp³-hybridized carbons (Fsp3) is 0.238. The molecule has 0 radical (unpaired) electrons. The number of fused-ring (bicyclic) bond motifs is 6. The summed E-state index contributed by atoms with van der Waals surface area (Å²) in [7, 11) is 0. The standard InChI is InChI=1S/C21H18N2O/c24-21-14-9-11-23(12-10-14)20(21)13-19-17-7-2-1-5-15(17)16-6-3-4-8-18(16)22-19/h1-8,13-14H,9-12H2/b20-13-. The molecule has 1 aromatic heterocycles. The van der Waals surface area contributed by atoms with Crippen LogP contribution in [-0.4, -0.2) is 28.8 Å². The van der Waals surface area contributed by atoms with E-state index >= 15 is 0 Å². The number of benzene rings is 2. The van der Waals surface area contributed by atoms with Crippen LogP contribution in [0.1, 0.15) is 18.5 Å². The predicted octanol–water partition coefficient (Wildman–Crippen LogP) is 4.02. The quantitative estimate of drug-likeness (QED) is 0.502. The summed E-state index contributed by atoms with van der Waals surface area (Å²) >= 11 is 0. The van der Waals surface area contributed by atoms with E-state index in [1.165, 1.54) is 5.39 Å². The molecule has 4 heterocycles. The average molecular weight is 314 g/mol. The van der Waals surface area contributed by atoms with E-state index in [9.17, 15) is 4.79 Å². The second-order valence-corrected chi connectivity index (χ2v) is 6.71. The van der Waals surface area contributed by atoms with Crippen LogP contribution in [0, 0.1) is 5.92 Å². The van der Waals surface area contributed by atoms with Crippen LogP contribution in [0.15, 0.2) is 54.2 Å². The summed E-state index contributed by atoms with van der Waals surface area (Å²) in [5.41, 5.74) is 2.73. The maximum absolute atomic E-state index is 12.7. The molecule has 0 atom stereocenters. The molecule has 3 heteroatoms. The molecule has 3 fully saturated rings. The summed E-state index contributed by atoms with van der Waals surface area (Å²) in [5, 5.41) is 3.46. The number of aromatic nitrogens is 1. The lowest BCUT2D eigenvalue weighted by Gasteiger charge is -2.41. The molecular formula is C21H18N2O. The predicted molar refractivity (Wildman–Crippen MR) is 96.5 cm³/mol. The van der Waals surface area contributed by atoms with E-state index in [1.54, 1.807) is 0 Å². The first-order valence-corrected chi connectivity index (χ1v) is 8.59. The fourth-order valence-corrected chi connectivity index (χ4v) is 4.08. The van der Waals surface area contributed by atoms with Gasteiger partial charge < -0.3 is 4.90 Å². The van der Waals surface area contributed by atoms with Crippen molar-refractivity contribution in [1.29, 1.82) is 0 Å². The topological polar surface area (TPSA) is 33.2 Å². The molecular weight excluding hydrogens is 296 g/mol. The zero-order chi connectivity index (χ0) is 16.1. The number of ketones is 1. The molecule has 3 aromatic rings. The third-order valence-electron chi connectivity index (χ3n) is 5.37. The van der Waals surface area contributed by atoms with Gasteiger partial charge in [0.2, 0.25) is 0 Å². The monoisotopic (exact) mass is 314 g/mol. The maximum atomic E-state index is 12.7. The molecule has 0 spiro atoms. The lowest BCUT2D eigenvalue weighted by atomic mass is 9.84. The smallest absolute Gasteiger partial charge is 0.182 e. The number of hydrogen-bond donors (Lipinski definition) is 0. The third-order valence-corrected chi connectivity index (χ3v) is 5.37. The van der Waals surface area contributed by atoms with E-state index in [-0.39, 0.29) is 5.92 Å². The van der Waals surface area contributed by atoms with E-state index in [0.717, 1.165) is 53.6 Å². The molecule has 3 saturated heterocycles. The highest BCUT2D eigenvalue weighted by atomic mass is 16.1. The number of carbonyl (C=O) groups excluding carboxylic acids is 1. The van der Waals surface area contributed by atoms with Gasteiger partial charge in [0.1, 0.15) is 0 Å². The number of pyridine rings is 1. The van der Waals surface area contributed by atoms with Gasteiger partial charge in [-0.05, 0) is 30.4 Å². The van der Waals surface area contributed by atoms with Crippen molar-refractivity contribution in [3.63, 3.8) is 0 Å². The molecule has 0 unspecified atom stereocenters. The maximum Gasteiger partial charge on any atom is 0.182 e. The normalized spacial score (nSPS) is 19.8. The molecule has 0 saturated carbocycles. The van der Waals surface area contributed by atoms with Crippen molar-refractivity contribution in [2.45, 2.75) is 12.8 Å². The minimum Gasteiger partial charge on any atom is -0.369 e. The summed E-state index contributed by atoms with van der Waals surface area (Å²) < 4.78 is 0. The highest BCUT2D eigenvalue weighted by Crippen LogP contribution is 2.34. The van der Waals surface area contributed by atoms with Gasteiger partial charge in [0, 0.05) is 29.8 Å². The van der Waals surface area contributed by atoms with Gasteiger partial charge in [0.25, 0.3) is 0 Å². The van der Waals surface area contributed by atoms with Crippen LogP contribution in [0.4, 0.5) is 0 Å². The number of para-hydroxylation sites is 1. The average Bonchev–Trinajstić information content (AvgIpc) is 2.65. The Morgan fingerprint density at radius 2 is 1.58 bits per heavy atom. The molecule has 3 aliphatic heterocycles. The number of Topliss-reactive ketones (excluding diaryl/α,β-unsaturated/α-hetero) is 1. The largest absolute Gasteiger partial charge is 0.369 e. The molecule has 2 aromatic carbocycles. The van der Waals surface area contributed by atoms with Crippen molar-refractivity contribution >= 4 is 33.5 Å². The molecule has 0 N–H and O–H groups in total. The molecule has 6 rings (SSSR count). The van der Waals surface area contributed by atoms with Crippen LogP contribution < -0.4 is 0 Å². The molecule has 3 nitrogen and oxygen atoms in total. The molecule has 0 amide bonds. The summed E-state index contributed by atoms with van der Waals surface area (Å²) in [5.74, 6) is 0.513. The van der Waals surface area contributed by atoms with E-state index in [1.807, 2.05) is 30.3 Å². The van der Waals surface area contributed by atoms with E-state index in [2.05, 4.69) is 29.2 Å². The summed E-state index contributed by atoms with van der Waals surface area (Å²) in [4.78, 5) is 19.7. The summed E-state index contributed by atoms with van der Waals surface area (Å²) in [6.45, 7) is 1.99. The van der Waals surface area contributed by atoms with Crippen LogP contribution in [0.25, 0.3) is 27.8 Å². The van der Waals surface area contributed by atoms with Crippen LogP contribution in [0.3, 0.4) is 0 Å². The van der Waals surface area contributed by atoms with Gasteiger partial charge in [0.05, 0.1) is 16.9 Å². The minimum absolute atomic E-state index is 0.216. The second kappa shape index (κ2) is 5.17. The Balaban J connectivity index is 1.77. The van der Waals surface area contributed by atoms with Gasteiger partial charge in [-0.15, -0.1) is 0 Å². The van der Waals surface area contributed by atoms with Gasteiger partial charge in [-0.3, -0.25) is 4.79 Å². The minimum atomic E-state index is 0.216. The lowest BCUT2D eigenvalue weighted by Crippen LogP contribution is -2.45. The van der Waals surface area contributed by atoms with Gasteiger partial charge in [-0.2, -0.15) is 0 Å². The van der Waals surface area contributed by atoms with Gasteiger partial charge in [-0.1, -0.05) is 42.5 Å². The van der Waals surface area contributed by atoms with E-state index in [4.69, 9.17) is 4.98 Å². The first-order valence-electron chi connectivity index (χ1n) is 8.59. The Labute approximate surface area is 140 Å². The number of nitrogens with zero attached hydrogens (tertiary/aromatic N) is 2. The zero-order valence-electron chi connectivity index (χ0n) is 13.4. The SMILES string of the molecule is O=C1/C(=C/c2nc3ccccc3c3ccccc23)N2CCC1CC2. The van der Waals surface area contributed by atoms with Gasteiger partial charge in [0.15, 0.2) is 5.78 Å². The molecule has 118 valence electrons. The molecule has 24 heavy (non-hydrogen) atoms. The van der Waals surface area contributed by atoms with Crippen LogP contribution in [0.5, 0.6) is 0 Å². The third kappa shape index (κ3) is 1.97. The van der Waals surface area contributed by atoms with Crippen molar-refractivity contribution in [2.24, 2.45) is 5.92 Å². The van der Waals surface area contributed by atoms with E-state index in [0.29, 0.717) is 5.78 Å². The second-order valence-electron chi connectivity index (χ2n) is 6.71. The van der Waals surface area contributed by atoms with Crippen molar-refractivity contribution in [3.8, 4) is 0 Å².